The SMILES string of the molecule is CCCC(CCC)c1nn(C)c(N)c1-c1ccc(Cl)cc1. The van der Waals surface area contributed by atoms with Crippen LogP contribution in [0.3, 0.4) is 0 Å². The number of rotatable bonds is 6. The highest BCUT2D eigenvalue weighted by Crippen LogP contribution is 2.37. The van der Waals surface area contributed by atoms with E-state index in [2.05, 4.69) is 13.8 Å². The number of hydrogen-bond acceptors (Lipinski definition) is 2. The highest BCUT2D eigenvalue weighted by Gasteiger charge is 2.22. The highest BCUT2D eigenvalue weighted by atomic mass is 35.5. The zero-order valence-electron chi connectivity index (χ0n) is 13.1. The molecule has 0 bridgehead atoms. The lowest BCUT2D eigenvalue weighted by molar-refractivity contribution is 0.540. The summed E-state index contributed by atoms with van der Waals surface area (Å²) in [7, 11) is 1.91. The molecule has 0 spiro atoms. The molecule has 0 saturated carbocycles. The van der Waals surface area contributed by atoms with Gasteiger partial charge in [0.05, 0.1) is 5.69 Å². The van der Waals surface area contributed by atoms with Crippen molar-refractivity contribution in [3.05, 3.63) is 35.0 Å². The smallest absolute Gasteiger partial charge is 0.129 e. The number of nitrogens with two attached hydrogens (primary N) is 1. The van der Waals surface area contributed by atoms with Gasteiger partial charge in [-0.3, -0.25) is 4.68 Å². The Morgan fingerprint density at radius 2 is 1.71 bits per heavy atom. The largest absolute Gasteiger partial charge is 0.383 e. The van der Waals surface area contributed by atoms with Crippen LogP contribution in [0.1, 0.15) is 51.1 Å². The number of aromatic nitrogens is 2. The zero-order valence-corrected chi connectivity index (χ0v) is 13.8. The molecule has 21 heavy (non-hydrogen) atoms. The molecule has 1 heterocycles. The molecule has 0 radical (unpaired) electrons. The summed E-state index contributed by atoms with van der Waals surface area (Å²) in [6.07, 6.45) is 4.60. The lowest BCUT2D eigenvalue weighted by Crippen LogP contribution is -2.02. The van der Waals surface area contributed by atoms with E-state index in [0.717, 1.165) is 53.3 Å². The van der Waals surface area contributed by atoms with Gasteiger partial charge < -0.3 is 5.73 Å². The van der Waals surface area contributed by atoms with Gasteiger partial charge in [-0.25, -0.2) is 0 Å². The lowest BCUT2D eigenvalue weighted by Gasteiger charge is -2.15. The van der Waals surface area contributed by atoms with Crippen LogP contribution < -0.4 is 5.73 Å². The van der Waals surface area contributed by atoms with Crippen LogP contribution >= 0.6 is 11.6 Å². The standard InChI is InChI=1S/C17H24ClN3/c1-4-6-13(7-5-2)16-15(17(19)21(3)20-16)12-8-10-14(18)11-9-12/h8-11,13H,4-7,19H2,1-3H3. The van der Waals surface area contributed by atoms with Crippen molar-refractivity contribution >= 4 is 17.4 Å². The van der Waals surface area contributed by atoms with Crippen LogP contribution in [0, 0.1) is 0 Å². The van der Waals surface area contributed by atoms with Crippen molar-refractivity contribution in [1.82, 2.24) is 9.78 Å². The van der Waals surface area contributed by atoms with Crippen molar-refractivity contribution < 1.29 is 0 Å². The number of halogens is 1. The van der Waals surface area contributed by atoms with Gasteiger partial charge in [0.25, 0.3) is 0 Å². The van der Waals surface area contributed by atoms with E-state index in [4.69, 9.17) is 22.4 Å². The van der Waals surface area contributed by atoms with Gasteiger partial charge in [0.2, 0.25) is 0 Å². The number of hydrogen-bond donors (Lipinski definition) is 1. The van der Waals surface area contributed by atoms with Gasteiger partial charge in [0, 0.05) is 23.6 Å². The number of benzene rings is 1. The fourth-order valence-corrected chi connectivity index (χ4v) is 3.00. The van der Waals surface area contributed by atoms with Crippen molar-refractivity contribution in [2.75, 3.05) is 5.73 Å². The van der Waals surface area contributed by atoms with Crippen molar-refractivity contribution in [3.8, 4) is 11.1 Å². The van der Waals surface area contributed by atoms with Gasteiger partial charge in [-0.15, -0.1) is 0 Å². The molecule has 0 amide bonds. The number of anilines is 1. The summed E-state index contributed by atoms with van der Waals surface area (Å²) in [5.74, 6) is 1.19. The second kappa shape index (κ2) is 6.99. The Labute approximate surface area is 132 Å². The zero-order chi connectivity index (χ0) is 15.4. The molecule has 1 aromatic carbocycles. The quantitative estimate of drug-likeness (QED) is 0.815. The van der Waals surface area contributed by atoms with E-state index in [1.807, 2.05) is 31.3 Å². The molecular weight excluding hydrogens is 282 g/mol. The predicted octanol–water partition coefficient (Wildman–Crippen LogP) is 5.01. The van der Waals surface area contributed by atoms with E-state index in [0.29, 0.717) is 5.92 Å². The molecule has 0 aliphatic carbocycles. The molecule has 114 valence electrons. The molecule has 0 saturated heterocycles. The van der Waals surface area contributed by atoms with E-state index in [9.17, 15) is 0 Å². The number of nitrogen functional groups attached to an aromatic ring is 1. The first-order valence-corrected chi connectivity index (χ1v) is 8.04. The molecule has 2 N–H and O–H groups in total. The minimum atomic E-state index is 0.467. The van der Waals surface area contributed by atoms with Crippen molar-refractivity contribution in [2.24, 2.45) is 7.05 Å². The van der Waals surface area contributed by atoms with Gasteiger partial charge in [0.1, 0.15) is 5.82 Å². The summed E-state index contributed by atoms with van der Waals surface area (Å²) in [4.78, 5) is 0. The minimum absolute atomic E-state index is 0.467. The molecule has 0 aliphatic rings. The van der Waals surface area contributed by atoms with E-state index < -0.39 is 0 Å². The average Bonchev–Trinajstić information content (AvgIpc) is 2.76. The fraction of sp³-hybridized carbons (Fsp3) is 0.471. The van der Waals surface area contributed by atoms with Crippen LogP contribution in [-0.2, 0) is 7.05 Å². The van der Waals surface area contributed by atoms with Crippen LogP contribution in [0.4, 0.5) is 5.82 Å². The van der Waals surface area contributed by atoms with E-state index in [1.165, 1.54) is 0 Å². The van der Waals surface area contributed by atoms with E-state index in [1.54, 1.807) is 4.68 Å². The van der Waals surface area contributed by atoms with Crippen molar-refractivity contribution in [2.45, 2.75) is 45.4 Å². The molecule has 2 aromatic rings. The lowest BCUT2D eigenvalue weighted by atomic mass is 9.90. The Kier molecular flexibility index (Phi) is 5.29. The van der Waals surface area contributed by atoms with Crippen LogP contribution in [0.25, 0.3) is 11.1 Å². The summed E-state index contributed by atoms with van der Waals surface area (Å²) in [6.45, 7) is 4.44. The highest BCUT2D eigenvalue weighted by molar-refractivity contribution is 6.30. The Morgan fingerprint density at radius 1 is 1.14 bits per heavy atom. The molecule has 0 aliphatic heterocycles. The monoisotopic (exact) mass is 305 g/mol. The molecule has 4 heteroatoms. The molecule has 3 nitrogen and oxygen atoms in total. The maximum absolute atomic E-state index is 6.27. The molecule has 2 rings (SSSR count). The Hall–Kier alpha value is -1.48. The first-order chi connectivity index (χ1) is 10.1. The number of nitrogens with zero attached hydrogens (tertiary/aromatic N) is 2. The molecule has 0 unspecified atom stereocenters. The van der Waals surface area contributed by atoms with Crippen LogP contribution in [0.2, 0.25) is 5.02 Å². The van der Waals surface area contributed by atoms with Crippen LogP contribution in [-0.4, -0.2) is 9.78 Å². The Balaban J connectivity index is 2.51. The van der Waals surface area contributed by atoms with Crippen LogP contribution in [0.5, 0.6) is 0 Å². The van der Waals surface area contributed by atoms with Gasteiger partial charge in [-0.2, -0.15) is 5.10 Å². The maximum Gasteiger partial charge on any atom is 0.129 e. The summed E-state index contributed by atoms with van der Waals surface area (Å²) in [5.41, 5.74) is 9.56. The average molecular weight is 306 g/mol. The maximum atomic E-state index is 6.27. The van der Waals surface area contributed by atoms with E-state index >= 15 is 0 Å². The van der Waals surface area contributed by atoms with Crippen molar-refractivity contribution in [1.29, 1.82) is 0 Å². The summed E-state index contributed by atoms with van der Waals surface area (Å²) in [5, 5.41) is 5.44. The topological polar surface area (TPSA) is 43.8 Å². The van der Waals surface area contributed by atoms with Gasteiger partial charge in [-0.05, 0) is 30.5 Å². The first kappa shape index (κ1) is 15.9. The molecule has 1 aromatic heterocycles. The van der Waals surface area contributed by atoms with Gasteiger partial charge >= 0.3 is 0 Å². The molecular formula is C17H24ClN3. The molecule has 0 fully saturated rings. The third kappa shape index (κ3) is 3.41. The van der Waals surface area contributed by atoms with Crippen molar-refractivity contribution in [3.63, 3.8) is 0 Å². The minimum Gasteiger partial charge on any atom is -0.383 e. The van der Waals surface area contributed by atoms with E-state index in [-0.39, 0.29) is 0 Å². The third-order valence-corrected chi connectivity index (χ3v) is 4.16. The normalized spacial score (nSPS) is 11.3. The van der Waals surface area contributed by atoms with Gasteiger partial charge in [-0.1, -0.05) is 50.4 Å². The Bertz CT molecular complexity index is 581. The summed E-state index contributed by atoms with van der Waals surface area (Å²) >= 11 is 5.99. The molecule has 0 atom stereocenters. The second-order valence-corrected chi connectivity index (χ2v) is 5.99. The number of aryl methyl sites for hydroxylation is 1. The fourth-order valence-electron chi connectivity index (χ4n) is 2.87. The first-order valence-electron chi connectivity index (χ1n) is 7.66. The summed E-state index contributed by atoms with van der Waals surface area (Å²) < 4.78 is 1.79. The predicted molar refractivity (Wildman–Crippen MR) is 90.6 cm³/mol. The Morgan fingerprint density at radius 3 is 2.24 bits per heavy atom. The van der Waals surface area contributed by atoms with Crippen LogP contribution in [0.15, 0.2) is 24.3 Å². The second-order valence-electron chi connectivity index (χ2n) is 5.55. The summed E-state index contributed by atoms with van der Waals surface area (Å²) in [6, 6.07) is 7.85. The third-order valence-electron chi connectivity index (χ3n) is 3.91. The van der Waals surface area contributed by atoms with Gasteiger partial charge in [0.15, 0.2) is 0 Å².